The van der Waals surface area contributed by atoms with E-state index in [0.29, 0.717) is 0 Å². The highest BCUT2D eigenvalue weighted by atomic mass is 16.7. The molecule has 0 radical (unpaired) electrons. The lowest BCUT2D eigenvalue weighted by Crippen LogP contribution is -2.37. The molecule has 1 N–H and O–H groups in total. The largest absolute Gasteiger partial charge is 0.280 e. The first-order chi connectivity index (χ1) is 4.22. The number of nitrogens with zero attached hydrogens (tertiary/aromatic N) is 3. The van der Waals surface area contributed by atoms with Gasteiger partial charge in [-0.1, -0.05) is 5.01 Å². The van der Waals surface area contributed by atoms with E-state index in [4.69, 9.17) is 0 Å². The Labute approximate surface area is 51.3 Å². The summed E-state index contributed by atoms with van der Waals surface area (Å²) in [7, 11) is 0. The van der Waals surface area contributed by atoms with E-state index in [1.54, 1.807) is 6.92 Å². The van der Waals surface area contributed by atoms with Crippen molar-refractivity contribution < 1.29 is 5.03 Å². The van der Waals surface area contributed by atoms with Crippen molar-refractivity contribution in [2.45, 2.75) is 13.1 Å². The summed E-state index contributed by atoms with van der Waals surface area (Å²) in [5.41, 5.74) is 2.50. The number of hydrazone groups is 1. The van der Waals surface area contributed by atoms with E-state index in [9.17, 15) is 10.1 Å². The second-order valence-electron chi connectivity index (χ2n) is 1.67. The van der Waals surface area contributed by atoms with Gasteiger partial charge in [-0.25, -0.2) is 10.1 Å². The molecule has 0 amide bonds. The average molecular weight is 130 g/mol. The lowest BCUT2D eigenvalue weighted by atomic mass is 10.6. The zero-order chi connectivity index (χ0) is 6.85. The highest BCUT2D eigenvalue weighted by molar-refractivity contribution is 5.54. The summed E-state index contributed by atoms with van der Waals surface area (Å²) in [6, 6.07) is 0. The lowest BCUT2D eigenvalue weighted by Gasteiger charge is -2.07. The number of hydrogen-bond donors (Lipinski definition) is 1. The molecule has 0 bridgehead atoms. The predicted molar refractivity (Wildman–Crippen MR) is 29.9 cm³/mol. The predicted octanol–water partition coefficient (Wildman–Crippen LogP) is -0.627. The maximum Gasteiger partial charge on any atom is 0.179 e. The van der Waals surface area contributed by atoms with E-state index in [1.807, 2.05) is 0 Å². The molecule has 1 aliphatic rings. The minimum absolute atomic E-state index is 0.333. The van der Waals surface area contributed by atoms with Crippen LogP contribution in [0, 0.1) is 10.1 Å². The van der Waals surface area contributed by atoms with Gasteiger partial charge in [0.15, 0.2) is 17.5 Å². The van der Waals surface area contributed by atoms with E-state index in [2.05, 4.69) is 10.5 Å². The molecule has 1 atom stereocenters. The summed E-state index contributed by atoms with van der Waals surface area (Å²) < 4.78 is 0. The third-order valence-electron chi connectivity index (χ3n) is 1.02. The highest BCUT2D eigenvalue weighted by Crippen LogP contribution is 1.96. The van der Waals surface area contributed by atoms with Gasteiger partial charge in [0, 0.05) is 0 Å². The molecule has 1 unspecified atom stereocenters. The average Bonchev–Trinajstić information content (AvgIpc) is 2.13. The van der Waals surface area contributed by atoms with Gasteiger partial charge in [-0.15, -0.1) is 0 Å². The Balaban J connectivity index is 2.59. The monoisotopic (exact) mass is 130 g/mol. The minimum atomic E-state index is -0.520. The summed E-state index contributed by atoms with van der Waals surface area (Å²) in [6.45, 7) is 1.65. The van der Waals surface area contributed by atoms with E-state index in [0.717, 1.165) is 11.3 Å². The number of nitrogens with one attached hydrogen (secondary N) is 1. The topological polar surface area (TPSA) is 70.8 Å². The molecule has 0 saturated carbocycles. The first-order valence-electron chi connectivity index (χ1n) is 2.43. The molecule has 0 fully saturated rings. The van der Waals surface area contributed by atoms with E-state index in [1.165, 1.54) is 0 Å². The fourth-order valence-electron chi connectivity index (χ4n) is 0.543. The van der Waals surface area contributed by atoms with Crippen molar-refractivity contribution in [1.82, 2.24) is 10.4 Å². The Morgan fingerprint density at radius 2 is 2.67 bits per heavy atom. The van der Waals surface area contributed by atoms with Crippen LogP contribution >= 0.6 is 0 Å². The third-order valence-corrected chi connectivity index (χ3v) is 1.02. The summed E-state index contributed by atoms with van der Waals surface area (Å²) in [6.07, 6.45) is 0.810. The van der Waals surface area contributed by atoms with Gasteiger partial charge >= 0.3 is 0 Å². The van der Waals surface area contributed by atoms with Crippen molar-refractivity contribution in [3.05, 3.63) is 10.1 Å². The Kier molecular flexibility index (Phi) is 1.21. The number of nitro groups is 1. The van der Waals surface area contributed by atoms with Crippen molar-refractivity contribution in [2.24, 2.45) is 5.10 Å². The molecule has 0 aromatic carbocycles. The lowest BCUT2D eigenvalue weighted by molar-refractivity contribution is -0.634. The molecule has 0 aromatic heterocycles. The molecule has 1 aliphatic heterocycles. The van der Waals surface area contributed by atoms with Crippen molar-refractivity contribution in [2.75, 3.05) is 0 Å². The molecule has 0 aromatic rings. The second kappa shape index (κ2) is 1.88. The third kappa shape index (κ3) is 0.906. The molecular formula is C3H6N4O2. The Morgan fingerprint density at radius 1 is 2.00 bits per heavy atom. The van der Waals surface area contributed by atoms with E-state index >= 15 is 0 Å². The van der Waals surface area contributed by atoms with Gasteiger partial charge in [0.2, 0.25) is 0 Å². The van der Waals surface area contributed by atoms with Crippen LogP contribution in [0.3, 0.4) is 0 Å². The number of hydrogen-bond acceptors (Lipinski definition) is 4. The van der Waals surface area contributed by atoms with Crippen LogP contribution in [0.15, 0.2) is 5.10 Å². The minimum Gasteiger partial charge on any atom is -0.280 e. The van der Waals surface area contributed by atoms with Crippen LogP contribution in [0.2, 0.25) is 0 Å². The Morgan fingerprint density at radius 3 is 2.89 bits per heavy atom. The molecule has 0 saturated heterocycles. The van der Waals surface area contributed by atoms with Crippen LogP contribution in [-0.2, 0) is 0 Å². The van der Waals surface area contributed by atoms with E-state index in [-0.39, 0.29) is 6.17 Å². The normalized spacial score (nSPS) is 24.1. The summed E-state index contributed by atoms with van der Waals surface area (Å²) in [4.78, 5) is 10.0. The summed E-state index contributed by atoms with van der Waals surface area (Å²) >= 11 is 0. The van der Waals surface area contributed by atoms with Crippen LogP contribution in [-0.4, -0.2) is 22.5 Å². The van der Waals surface area contributed by atoms with Gasteiger partial charge in [0.1, 0.15) is 0 Å². The van der Waals surface area contributed by atoms with Crippen LogP contribution in [0.1, 0.15) is 6.92 Å². The fourth-order valence-corrected chi connectivity index (χ4v) is 0.543. The standard InChI is InChI=1S/C3H6N4O2/c1-3-5-4-2-6(3)7(8)9/h2-3,5H,1H3. The maximum absolute atomic E-state index is 10.0. The number of hydrazine groups is 1. The van der Waals surface area contributed by atoms with Crippen molar-refractivity contribution in [3.63, 3.8) is 0 Å². The van der Waals surface area contributed by atoms with Gasteiger partial charge in [0.05, 0.1) is 0 Å². The Bertz CT molecular complexity index is 156. The first kappa shape index (κ1) is 5.80. The fraction of sp³-hybridized carbons (Fsp3) is 0.667. The molecule has 0 spiro atoms. The first-order valence-corrected chi connectivity index (χ1v) is 2.43. The molecule has 6 heteroatoms. The van der Waals surface area contributed by atoms with Crippen molar-refractivity contribution in [3.8, 4) is 0 Å². The van der Waals surface area contributed by atoms with Crippen molar-refractivity contribution >= 4 is 6.34 Å². The summed E-state index contributed by atoms with van der Waals surface area (Å²) in [5, 5.41) is 13.9. The zero-order valence-electron chi connectivity index (χ0n) is 4.81. The molecule has 0 aliphatic carbocycles. The van der Waals surface area contributed by atoms with Gasteiger partial charge < -0.3 is 0 Å². The quantitative estimate of drug-likeness (QED) is 0.379. The molecule has 1 heterocycles. The SMILES string of the molecule is CC1NN=CN1[N+](=O)[O-]. The van der Waals surface area contributed by atoms with E-state index < -0.39 is 5.03 Å². The highest BCUT2D eigenvalue weighted by Gasteiger charge is 2.23. The maximum atomic E-state index is 10.0. The molecule has 9 heavy (non-hydrogen) atoms. The van der Waals surface area contributed by atoms with Crippen molar-refractivity contribution in [1.29, 1.82) is 0 Å². The smallest absolute Gasteiger partial charge is 0.179 e. The second-order valence-corrected chi connectivity index (χ2v) is 1.67. The van der Waals surface area contributed by atoms with Gasteiger partial charge in [-0.05, 0) is 6.92 Å². The van der Waals surface area contributed by atoms with Gasteiger partial charge in [-0.2, -0.15) is 5.10 Å². The van der Waals surface area contributed by atoms with Crippen LogP contribution < -0.4 is 5.43 Å². The Hall–Kier alpha value is -1.33. The molecule has 6 nitrogen and oxygen atoms in total. The number of rotatable bonds is 1. The summed E-state index contributed by atoms with van der Waals surface area (Å²) in [5.74, 6) is 0. The van der Waals surface area contributed by atoms with Crippen LogP contribution in [0.5, 0.6) is 0 Å². The molecule has 1 rings (SSSR count). The zero-order valence-corrected chi connectivity index (χ0v) is 4.81. The molecule has 50 valence electrons. The van der Waals surface area contributed by atoms with Crippen LogP contribution in [0.4, 0.5) is 0 Å². The molecular weight excluding hydrogens is 124 g/mol. The van der Waals surface area contributed by atoms with Crippen LogP contribution in [0.25, 0.3) is 0 Å². The van der Waals surface area contributed by atoms with Gasteiger partial charge in [0.25, 0.3) is 0 Å². The van der Waals surface area contributed by atoms with Gasteiger partial charge in [-0.3, -0.25) is 5.43 Å².